The van der Waals surface area contributed by atoms with Gasteiger partial charge in [0.05, 0.1) is 45.2 Å². The third-order valence-electron chi connectivity index (χ3n) is 12.0. The van der Waals surface area contributed by atoms with Gasteiger partial charge in [0.15, 0.2) is 0 Å². The summed E-state index contributed by atoms with van der Waals surface area (Å²) in [5.41, 5.74) is 11.7. The van der Waals surface area contributed by atoms with Gasteiger partial charge in [0.1, 0.15) is 37.4 Å². The van der Waals surface area contributed by atoms with E-state index in [0.717, 1.165) is 23.1 Å². The number of anilines is 3. The highest BCUT2D eigenvalue weighted by atomic mass is 127. The van der Waals surface area contributed by atoms with Crippen molar-refractivity contribution in [2.24, 2.45) is 23.3 Å². The molecule has 0 fully saturated rings. The first kappa shape index (κ1) is 66.3. The molecule has 0 saturated carbocycles. The molecule has 4 atom stereocenters. The Morgan fingerprint density at radius 2 is 0.915 bits per heavy atom. The van der Waals surface area contributed by atoms with Crippen molar-refractivity contribution in [3.63, 3.8) is 0 Å². The first-order valence-electron chi connectivity index (χ1n) is 25.5. The molecule has 29 heteroatoms. The molecule has 13 N–H and O–H groups in total. The van der Waals surface area contributed by atoms with Crippen LogP contribution in [0.2, 0.25) is 0 Å². The van der Waals surface area contributed by atoms with Crippen LogP contribution in [0.4, 0.5) is 36.2 Å². The average molecular weight is 1360 g/mol. The number of rotatable bonds is 30. The highest BCUT2D eigenvalue weighted by molar-refractivity contribution is 14.1. The van der Waals surface area contributed by atoms with Crippen molar-refractivity contribution in [2.45, 2.75) is 97.2 Å². The van der Waals surface area contributed by atoms with Gasteiger partial charge < -0.3 is 68.8 Å². The first-order valence-corrected chi connectivity index (χ1v) is 27.7. The van der Waals surface area contributed by atoms with Gasteiger partial charge in [-0.2, -0.15) is 0 Å². The summed E-state index contributed by atoms with van der Waals surface area (Å²) in [4.78, 5) is 168. The molecule has 0 unspecified atom stereocenters. The zero-order chi connectivity index (χ0) is 60.6. The van der Waals surface area contributed by atoms with Gasteiger partial charge >= 0.3 is 20.0 Å². The van der Waals surface area contributed by atoms with E-state index in [1.54, 1.807) is 76.2 Å². The number of urea groups is 2. The summed E-state index contributed by atoms with van der Waals surface area (Å²) in [6.45, 7) is 6.23. The lowest BCUT2D eigenvalue weighted by Gasteiger charge is -2.26. The van der Waals surface area contributed by atoms with Crippen LogP contribution in [0, 0.1) is 11.8 Å². The van der Waals surface area contributed by atoms with Gasteiger partial charge in [-0.05, 0) is 91.1 Å². The molecule has 1 heterocycles. The van der Waals surface area contributed by atoms with Crippen LogP contribution in [-0.4, -0.2) is 122 Å². The summed E-state index contributed by atoms with van der Waals surface area (Å²) in [6, 6.07) is 9.46. The second kappa shape index (κ2) is 32.9. The van der Waals surface area contributed by atoms with Crippen molar-refractivity contribution < 1.29 is 71.8 Å². The summed E-state index contributed by atoms with van der Waals surface area (Å²) < 4.78 is 8.98. The number of hydrogen-bond acceptors (Lipinski definition) is 15. The van der Waals surface area contributed by atoms with E-state index in [1.165, 1.54) is 57.3 Å². The lowest BCUT2D eigenvalue weighted by atomic mass is 10.00. The Balaban J connectivity index is 1.61. The standard InChI is InChI=1S/C53H64I2N12O15/c1-28(2)42(48(75)63-37(7-5-20-58-52(56)79)46(73)61-34-13-9-30(10-14-34)26-81-50(54)77)65-44(71)32-23-33(25-36(24-32)60-39(68)19-22-67-40(69)17-18-41(67)70)45(72)66-43(29(3)4)49(76)64-38(8-6-21-59-53(57)80)47(74)62-35-15-11-31(12-16-35)27-82-51(55)78/h9-18,23-25,28-29,37-38,42-43H,5-8,19-22,26-27H2,1-4H3,(H,60,68)(H,61,73)(H,62,74)(H,63,75)(H,64,76)(H,65,71)(H,66,72)(H3,56,58,79)(H3,57,59,80)/t37-,38-,42-,43-/m0/s1. The van der Waals surface area contributed by atoms with Gasteiger partial charge in [-0.15, -0.1) is 0 Å². The highest BCUT2D eigenvalue weighted by Crippen LogP contribution is 2.20. The second-order valence-corrected chi connectivity index (χ2v) is 20.8. The number of nitrogens with one attached hydrogen (secondary N) is 9. The molecule has 0 saturated heterocycles. The molecule has 0 aliphatic carbocycles. The predicted octanol–water partition coefficient (Wildman–Crippen LogP) is 3.74. The number of nitrogens with two attached hydrogens (primary N) is 2. The fraction of sp³-hybridized carbons (Fsp3) is 0.377. The molecule has 0 radical (unpaired) electrons. The molecule has 27 nitrogen and oxygen atoms in total. The molecular weight excluding hydrogens is 1300 g/mol. The molecule has 1 aliphatic heterocycles. The van der Waals surface area contributed by atoms with Crippen LogP contribution in [0.1, 0.15) is 91.6 Å². The van der Waals surface area contributed by atoms with Crippen molar-refractivity contribution in [3.05, 3.63) is 101 Å². The Labute approximate surface area is 498 Å². The summed E-state index contributed by atoms with van der Waals surface area (Å²) in [6.07, 6.45) is 2.03. The number of primary amides is 2. The number of nitrogens with zero attached hydrogens (tertiary/aromatic N) is 1. The minimum absolute atomic E-state index is 0.00916. The lowest BCUT2D eigenvalue weighted by molar-refractivity contribution is -0.137. The largest absolute Gasteiger partial charge is 0.453 e. The molecule has 3 aromatic rings. The van der Waals surface area contributed by atoms with Crippen LogP contribution in [0.15, 0.2) is 78.9 Å². The van der Waals surface area contributed by atoms with E-state index >= 15 is 0 Å². The van der Waals surface area contributed by atoms with Crippen LogP contribution in [0.25, 0.3) is 0 Å². The molecule has 440 valence electrons. The Bertz CT molecular complexity index is 2730. The summed E-state index contributed by atoms with van der Waals surface area (Å²) >= 11 is 2.98. The van der Waals surface area contributed by atoms with E-state index in [0.29, 0.717) is 22.5 Å². The third kappa shape index (κ3) is 22.7. The topological polar surface area (TPSA) is 404 Å². The van der Waals surface area contributed by atoms with Crippen LogP contribution < -0.4 is 59.3 Å². The predicted molar refractivity (Wildman–Crippen MR) is 314 cm³/mol. The molecule has 4 rings (SSSR count). The van der Waals surface area contributed by atoms with E-state index in [9.17, 15) is 62.3 Å². The van der Waals surface area contributed by atoms with Crippen LogP contribution in [0.3, 0.4) is 0 Å². The van der Waals surface area contributed by atoms with E-state index in [2.05, 4.69) is 47.9 Å². The maximum Gasteiger partial charge on any atom is 0.367 e. The second-order valence-electron chi connectivity index (χ2n) is 19.1. The molecule has 0 aromatic heterocycles. The van der Waals surface area contributed by atoms with Gasteiger partial charge in [-0.3, -0.25) is 48.1 Å². The maximum absolute atomic E-state index is 14.3. The third-order valence-corrected chi connectivity index (χ3v) is 12.6. The van der Waals surface area contributed by atoms with Crippen LogP contribution >= 0.6 is 45.2 Å². The monoisotopic (exact) mass is 1360 g/mol. The quantitative estimate of drug-likeness (QED) is 0.0196. The molecular formula is C53H64I2N12O15. The number of imide groups is 1. The van der Waals surface area contributed by atoms with Crippen molar-refractivity contribution in [2.75, 3.05) is 35.6 Å². The minimum Gasteiger partial charge on any atom is -0.453 e. The number of benzene rings is 3. The molecule has 0 spiro atoms. The van der Waals surface area contributed by atoms with E-state index in [1.807, 2.05) is 0 Å². The number of halogens is 2. The molecule has 3 aromatic carbocycles. The Kier molecular flexibility index (Phi) is 26.6. The summed E-state index contributed by atoms with van der Waals surface area (Å²) in [5.74, 6) is -8.08. The van der Waals surface area contributed by atoms with Gasteiger partial charge in [0, 0.05) is 66.4 Å². The lowest BCUT2D eigenvalue weighted by Crippen LogP contribution is -2.55. The van der Waals surface area contributed by atoms with E-state index in [4.69, 9.17) is 20.9 Å². The number of amides is 13. The molecule has 13 amide bonds. The molecule has 0 bridgehead atoms. The maximum atomic E-state index is 14.3. The molecule has 1 aliphatic rings. The zero-order valence-electron chi connectivity index (χ0n) is 45.0. The van der Waals surface area contributed by atoms with E-state index in [-0.39, 0.29) is 75.3 Å². The van der Waals surface area contributed by atoms with Crippen LogP contribution in [0.5, 0.6) is 0 Å². The number of hydrogen-bond donors (Lipinski definition) is 11. The minimum atomic E-state index is -1.34. The van der Waals surface area contributed by atoms with Crippen molar-refractivity contribution >= 4 is 135 Å². The van der Waals surface area contributed by atoms with Gasteiger partial charge in [-0.1, -0.05) is 52.0 Å². The number of carbonyl (C=O) groups is 13. The van der Waals surface area contributed by atoms with Crippen molar-refractivity contribution in [3.8, 4) is 0 Å². The van der Waals surface area contributed by atoms with Gasteiger partial charge in [0.25, 0.3) is 23.6 Å². The number of carbonyl (C=O) groups excluding carboxylic acids is 13. The Hall–Kier alpha value is -8.23. The molecule has 82 heavy (non-hydrogen) atoms. The zero-order valence-corrected chi connectivity index (χ0v) is 49.3. The first-order chi connectivity index (χ1) is 38.8. The normalized spacial score (nSPS) is 13.1. The van der Waals surface area contributed by atoms with Crippen molar-refractivity contribution in [1.82, 2.24) is 36.8 Å². The van der Waals surface area contributed by atoms with Crippen LogP contribution in [-0.2, 0) is 56.2 Å². The highest BCUT2D eigenvalue weighted by Gasteiger charge is 2.32. The SMILES string of the molecule is CC(C)[C@H](NC(=O)c1cc(NC(=O)CCN2C(=O)C=CC2=O)cc(C(=O)N[C@H](C(=O)N[C@@H](CCCNC(N)=O)C(=O)Nc2ccc(COC(=O)I)cc2)C(C)C)c1)C(=O)N[C@@H](CCCNC(N)=O)C(=O)Nc1ccc(COC(=O)I)cc1. The Morgan fingerprint density at radius 3 is 1.27 bits per heavy atom. The fourth-order valence-electron chi connectivity index (χ4n) is 7.77. The average Bonchev–Trinajstić information content (AvgIpc) is 3.91. The van der Waals surface area contributed by atoms with E-state index < -0.39 is 116 Å². The Morgan fingerprint density at radius 1 is 0.524 bits per heavy atom. The summed E-state index contributed by atoms with van der Waals surface area (Å²) in [7, 11) is 0. The van der Waals surface area contributed by atoms with Gasteiger partial charge in [-0.25, -0.2) is 19.2 Å². The van der Waals surface area contributed by atoms with Gasteiger partial charge in [0.2, 0.25) is 29.5 Å². The number of ether oxygens (including phenoxy) is 2. The summed E-state index contributed by atoms with van der Waals surface area (Å²) in [5, 5.41) is 23.5. The smallest absolute Gasteiger partial charge is 0.367 e. The van der Waals surface area contributed by atoms with Crippen molar-refractivity contribution in [1.29, 1.82) is 0 Å². The fourth-order valence-corrected chi connectivity index (χ4v) is 8.08.